The molecule has 0 fully saturated rings. The van der Waals surface area contributed by atoms with Gasteiger partial charge in [-0.2, -0.15) is 0 Å². The Balaban J connectivity index is 2.07. The summed E-state index contributed by atoms with van der Waals surface area (Å²) in [6.45, 7) is 4.13. The lowest BCUT2D eigenvalue weighted by atomic mass is 10.3. The molecule has 2 rings (SSSR count). The fourth-order valence-electron chi connectivity index (χ4n) is 1.37. The van der Waals surface area contributed by atoms with Crippen molar-refractivity contribution in [2.45, 2.75) is 19.9 Å². The summed E-state index contributed by atoms with van der Waals surface area (Å²) >= 11 is 1.70. The summed E-state index contributed by atoms with van der Waals surface area (Å²) in [4.78, 5) is 9.59. The van der Waals surface area contributed by atoms with E-state index in [1.165, 1.54) is 4.88 Å². The van der Waals surface area contributed by atoms with Crippen molar-refractivity contribution in [3.63, 3.8) is 0 Å². The molecule has 2 aromatic rings. The van der Waals surface area contributed by atoms with E-state index in [2.05, 4.69) is 29.1 Å². The minimum Gasteiger partial charge on any atom is -0.384 e. The largest absolute Gasteiger partial charge is 0.384 e. The van der Waals surface area contributed by atoms with E-state index in [1.54, 1.807) is 23.6 Å². The molecule has 1 atom stereocenters. The lowest BCUT2D eigenvalue weighted by molar-refractivity contribution is 0.868. The van der Waals surface area contributed by atoms with Gasteiger partial charge in [0.1, 0.15) is 10.8 Å². The summed E-state index contributed by atoms with van der Waals surface area (Å²) in [7, 11) is 0. The first-order chi connectivity index (χ1) is 7.65. The number of rotatable bonds is 3. The van der Waals surface area contributed by atoms with E-state index in [0.29, 0.717) is 5.82 Å². The number of anilines is 2. The smallest absolute Gasteiger partial charge is 0.123 e. The molecule has 2 aromatic heterocycles. The van der Waals surface area contributed by atoms with Gasteiger partial charge in [-0.05, 0) is 26.0 Å². The Morgan fingerprint density at radius 3 is 2.69 bits per heavy atom. The zero-order valence-electron chi connectivity index (χ0n) is 9.27. The van der Waals surface area contributed by atoms with Crippen LogP contribution in [0.3, 0.4) is 0 Å². The first-order valence-electron chi connectivity index (χ1n) is 5.05. The van der Waals surface area contributed by atoms with Crippen LogP contribution in [0.5, 0.6) is 0 Å². The van der Waals surface area contributed by atoms with Gasteiger partial charge in [0.05, 0.1) is 17.9 Å². The molecule has 16 heavy (non-hydrogen) atoms. The van der Waals surface area contributed by atoms with Gasteiger partial charge in [0.2, 0.25) is 0 Å². The molecule has 0 saturated heterocycles. The summed E-state index contributed by atoms with van der Waals surface area (Å²) in [5.74, 6) is 0.531. The van der Waals surface area contributed by atoms with Crippen LogP contribution >= 0.6 is 11.3 Å². The third-order valence-corrected chi connectivity index (χ3v) is 3.27. The number of nitrogen functional groups attached to an aromatic ring is 1. The lowest BCUT2D eigenvalue weighted by Crippen LogP contribution is -2.06. The normalized spacial score (nSPS) is 12.4. The fraction of sp³-hybridized carbons (Fsp3) is 0.273. The van der Waals surface area contributed by atoms with Gasteiger partial charge in [-0.1, -0.05) is 0 Å². The number of hydrogen-bond acceptors (Lipinski definition) is 5. The van der Waals surface area contributed by atoms with Crippen LogP contribution in [0.1, 0.15) is 22.9 Å². The Kier molecular flexibility index (Phi) is 3.05. The molecule has 4 nitrogen and oxygen atoms in total. The van der Waals surface area contributed by atoms with Gasteiger partial charge in [0, 0.05) is 11.1 Å². The number of nitrogens with two attached hydrogens (primary N) is 1. The monoisotopic (exact) mass is 234 g/mol. The zero-order valence-corrected chi connectivity index (χ0v) is 10.1. The van der Waals surface area contributed by atoms with E-state index in [0.717, 1.165) is 10.7 Å². The Morgan fingerprint density at radius 1 is 1.31 bits per heavy atom. The first-order valence-corrected chi connectivity index (χ1v) is 5.87. The number of pyridine rings is 1. The van der Waals surface area contributed by atoms with Gasteiger partial charge >= 0.3 is 0 Å². The molecule has 0 aliphatic rings. The molecule has 0 aliphatic heterocycles. The summed E-state index contributed by atoms with van der Waals surface area (Å²) in [5.41, 5.74) is 6.48. The second-order valence-corrected chi connectivity index (χ2v) is 4.91. The van der Waals surface area contributed by atoms with Crippen LogP contribution in [0, 0.1) is 6.92 Å². The van der Waals surface area contributed by atoms with Gasteiger partial charge in [0.15, 0.2) is 0 Å². The number of aromatic nitrogens is 2. The van der Waals surface area contributed by atoms with Gasteiger partial charge in [-0.15, -0.1) is 11.3 Å². The van der Waals surface area contributed by atoms with Crippen molar-refractivity contribution < 1.29 is 0 Å². The third kappa shape index (κ3) is 2.49. The number of nitrogens with zero attached hydrogens (tertiary/aromatic N) is 2. The number of hydrogen-bond donors (Lipinski definition) is 2. The molecule has 84 valence electrons. The Bertz CT molecular complexity index is 463. The van der Waals surface area contributed by atoms with E-state index in [4.69, 9.17) is 5.73 Å². The van der Waals surface area contributed by atoms with Gasteiger partial charge < -0.3 is 11.1 Å². The summed E-state index contributed by atoms with van der Waals surface area (Å²) in [6, 6.07) is 3.88. The van der Waals surface area contributed by atoms with Crippen molar-refractivity contribution in [3.05, 3.63) is 34.4 Å². The molecule has 0 amide bonds. The molecule has 1 unspecified atom stereocenters. The molecule has 0 radical (unpaired) electrons. The highest BCUT2D eigenvalue weighted by Gasteiger charge is 2.08. The average Bonchev–Trinajstić information content (AvgIpc) is 2.68. The molecular formula is C11H14N4S. The maximum atomic E-state index is 5.52. The lowest BCUT2D eigenvalue weighted by Gasteiger charge is -2.12. The van der Waals surface area contributed by atoms with Crippen LogP contribution in [-0.2, 0) is 0 Å². The van der Waals surface area contributed by atoms with Crippen LogP contribution in [0.15, 0.2) is 24.5 Å². The molecular weight excluding hydrogens is 220 g/mol. The van der Waals surface area contributed by atoms with E-state index < -0.39 is 0 Å². The van der Waals surface area contributed by atoms with Crippen molar-refractivity contribution in [3.8, 4) is 0 Å². The van der Waals surface area contributed by atoms with E-state index in [9.17, 15) is 0 Å². The highest BCUT2D eigenvalue weighted by atomic mass is 32.1. The first kappa shape index (κ1) is 10.9. The predicted octanol–water partition coefficient (Wildman–Crippen LogP) is 2.60. The maximum absolute atomic E-state index is 5.52. The third-order valence-electron chi connectivity index (χ3n) is 2.18. The fourth-order valence-corrected chi connectivity index (χ4v) is 2.15. The minimum atomic E-state index is 0.184. The van der Waals surface area contributed by atoms with Crippen molar-refractivity contribution in [2.75, 3.05) is 11.1 Å². The van der Waals surface area contributed by atoms with E-state index in [1.807, 2.05) is 12.3 Å². The predicted molar refractivity (Wildman–Crippen MR) is 67.5 cm³/mol. The molecule has 0 aliphatic carbocycles. The molecule has 0 bridgehead atoms. The summed E-state index contributed by atoms with van der Waals surface area (Å²) in [5, 5.41) is 4.41. The maximum Gasteiger partial charge on any atom is 0.123 e. The Labute approximate surface area is 98.6 Å². The number of aryl methyl sites for hydroxylation is 1. The van der Waals surface area contributed by atoms with Crippen LogP contribution < -0.4 is 11.1 Å². The van der Waals surface area contributed by atoms with E-state index >= 15 is 0 Å². The Morgan fingerprint density at radius 2 is 2.12 bits per heavy atom. The standard InChI is InChI=1S/C11H14N4S/c1-7-5-14-11(16-7)8(2)15-9-3-4-10(12)13-6-9/h3-6,8,15H,1-2H3,(H2,12,13). The molecule has 2 heterocycles. The van der Waals surface area contributed by atoms with Crippen molar-refractivity contribution >= 4 is 22.8 Å². The van der Waals surface area contributed by atoms with Crippen molar-refractivity contribution in [1.29, 1.82) is 0 Å². The van der Waals surface area contributed by atoms with Crippen molar-refractivity contribution in [2.24, 2.45) is 0 Å². The molecule has 0 spiro atoms. The van der Waals surface area contributed by atoms with Gasteiger partial charge in [0.25, 0.3) is 0 Å². The second-order valence-electron chi connectivity index (χ2n) is 3.65. The second kappa shape index (κ2) is 4.49. The highest BCUT2D eigenvalue weighted by Crippen LogP contribution is 2.22. The topological polar surface area (TPSA) is 63.8 Å². The zero-order chi connectivity index (χ0) is 11.5. The summed E-state index contributed by atoms with van der Waals surface area (Å²) in [6.07, 6.45) is 3.62. The Hall–Kier alpha value is -1.62. The summed E-state index contributed by atoms with van der Waals surface area (Å²) < 4.78 is 0. The molecule has 0 aromatic carbocycles. The molecule has 0 saturated carbocycles. The number of thiazole rings is 1. The van der Waals surface area contributed by atoms with Gasteiger partial charge in [-0.25, -0.2) is 9.97 Å². The van der Waals surface area contributed by atoms with Gasteiger partial charge in [-0.3, -0.25) is 0 Å². The SMILES string of the molecule is Cc1cnc(C(C)Nc2ccc(N)nc2)s1. The van der Waals surface area contributed by atoms with Crippen LogP contribution in [-0.4, -0.2) is 9.97 Å². The molecule has 3 N–H and O–H groups in total. The van der Waals surface area contributed by atoms with E-state index in [-0.39, 0.29) is 6.04 Å². The average molecular weight is 234 g/mol. The van der Waals surface area contributed by atoms with Crippen molar-refractivity contribution in [1.82, 2.24) is 9.97 Å². The van der Waals surface area contributed by atoms with Crippen LogP contribution in [0.4, 0.5) is 11.5 Å². The molecule has 5 heteroatoms. The van der Waals surface area contributed by atoms with Crippen LogP contribution in [0.25, 0.3) is 0 Å². The highest BCUT2D eigenvalue weighted by molar-refractivity contribution is 7.11. The quantitative estimate of drug-likeness (QED) is 0.856. The minimum absolute atomic E-state index is 0.184. The number of nitrogens with one attached hydrogen (secondary N) is 1. The van der Waals surface area contributed by atoms with Crippen LogP contribution in [0.2, 0.25) is 0 Å².